The molecule has 0 unspecified atom stereocenters. The van der Waals surface area contributed by atoms with Crippen molar-refractivity contribution in [3.05, 3.63) is 60.2 Å². The highest BCUT2D eigenvalue weighted by Crippen LogP contribution is 2.24. The lowest BCUT2D eigenvalue weighted by Gasteiger charge is -2.12. The number of ether oxygens (including phenoxy) is 1. The number of sulfone groups is 1. The van der Waals surface area contributed by atoms with Crippen LogP contribution in [0, 0.1) is 0 Å². The maximum Gasteiger partial charge on any atom is 0.339 e. The van der Waals surface area contributed by atoms with Gasteiger partial charge in [0.15, 0.2) is 16.4 Å². The van der Waals surface area contributed by atoms with Crippen LogP contribution in [0.5, 0.6) is 0 Å². The van der Waals surface area contributed by atoms with Crippen LogP contribution in [0.1, 0.15) is 16.8 Å². The van der Waals surface area contributed by atoms with E-state index in [1.54, 1.807) is 12.1 Å². The van der Waals surface area contributed by atoms with Crippen LogP contribution in [0.15, 0.2) is 54.6 Å². The van der Waals surface area contributed by atoms with Crippen molar-refractivity contribution in [2.24, 2.45) is 0 Å². The van der Waals surface area contributed by atoms with E-state index in [1.165, 1.54) is 0 Å². The lowest BCUT2D eigenvalue weighted by Crippen LogP contribution is -2.38. The van der Waals surface area contributed by atoms with Gasteiger partial charge in [0.2, 0.25) is 0 Å². The van der Waals surface area contributed by atoms with Crippen LogP contribution in [0.4, 0.5) is 0 Å². The monoisotopic (exact) mass is 373 g/mol. The summed E-state index contributed by atoms with van der Waals surface area (Å²) in [6.07, 6.45) is 0.388. The van der Waals surface area contributed by atoms with Gasteiger partial charge in [0.25, 0.3) is 5.91 Å². The zero-order chi connectivity index (χ0) is 18.6. The highest BCUT2D eigenvalue weighted by Gasteiger charge is 2.29. The molecule has 0 spiro atoms. The summed E-state index contributed by atoms with van der Waals surface area (Å²) in [6.45, 7) is -0.446. The van der Waals surface area contributed by atoms with E-state index >= 15 is 0 Å². The standard InChI is InChI=1S/C19H19NO5S/c21-18(20-15-10-11-26(23,24)13-15)12-25-19(22)17-9-5-4-8-16(17)14-6-2-1-3-7-14/h1-9,15H,10-13H2,(H,20,21)/t15-/m0/s1. The van der Waals surface area contributed by atoms with Crippen molar-refractivity contribution in [1.82, 2.24) is 5.32 Å². The lowest BCUT2D eigenvalue weighted by molar-refractivity contribution is -0.124. The van der Waals surface area contributed by atoms with Crippen molar-refractivity contribution in [2.45, 2.75) is 12.5 Å². The fraction of sp³-hybridized carbons (Fsp3) is 0.263. The van der Waals surface area contributed by atoms with Crippen LogP contribution >= 0.6 is 0 Å². The van der Waals surface area contributed by atoms with Gasteiger partial charge in [-0.1, -0.05) is 48.5 Å². The molecule has 1 aliphatic heterocycles. The molecule has 0 bridgehead atoms. The Morgan fingerprint density at radius 2 is 1.73 bits per heavy atom. The molecule has 2 aromatic rings. The number of hydrogen-bond acceptors (Lipinski definition) is 5. The molecule has 2 aromatic carbocycles. The number of amides is 1. The van der Waals surface area contributed by atoms with Gasteiger partial charge in [-0.15, -0.1) is 0 Å². The number of nitrogens with one attached hydrogen (secondary N) is 1. The van der Waals surface area contributed by atoms with Gasteiger partial charge in [0.05, 0.1) is 17.1 Å². The zero-order valence-electron chi connectivity index (χ0n) is 14.1. The first-order chi connectivity index (χ1) is 12.4. The van der Waals surface area contributed by atoms with Crippen molar-refractivity contribution in [3.8, 4) is 11.1 Å². The Hall–Kier alpha value is -2.67. The minimum absolute atomic E-state index is 0.0659. The summed E-state index contributed by atoms with van der Waals surface area (Å²) in [4.78, 5) is 24.3. The van der Waals surface area contributed by atoms with E-state index in [0.29, 0.717) is 12.0 Å². The molecule has 7 heteroatoms. The summed E-state index contributed by atoms with van der Waals surface area (Å²) in [6, 6.07) is 16.0. The number of esters is 1. The third-order valence-electron chi connectivity index (χ3n) is 4.16. The van der Waals surface area contributed by atoms with Gasteiger partial charge in [0.1, 0.15) is 0 Å². The normalized spacial score (nSPS) is 18.2. The average Bonchev–Trinajstić information content (AvgIpc) is 2.98. The number of carbonyl (C=O) groups excluding carboxylic acids is 2. The van der Waals surface area contributed by atoms with Crippen molar-refractivity contribution < 1.29 is 22.7 Å². The van der Waals surface area contributed by atoms with Crippen LogP contribution in [0.25, 0.3) is 11.1 Å². The Morgan fingerprint density at radius 3 is 2.42 bits per heavy atom. The molecule has 136 valence electrons. The van der Waals surface area contributed by atoms with E-state index in [4.69, 9.17) is 4.74 Å². The second kappa shape index (κ2) is 7.70. The van der Waals surface area contributed by atoms with Gasteiger partial charge in [-0.2, -0.15) is 0 Å². The third-order valence-corrected chi connectivity index (χ3v) is 5.93. The molecule has 1 saturated heterocycles. The zero-order valence-corrected chi connectivity index (χ0v) is 14.9. The predicted octanol–water partition coefficient (Wildman–Crippen LogP) is 1.81. The second-order valence-electron chi connectivity index (χ2n) is 6.16. The molecule has 1 aliphatic rings. The highest BCUT2D eigenvalue weighted by molar-refractivity contribution is 7.91. The van der Waals surface area contributed by atoms with Gasteiger partial charge < -0.3 is 10.1 Å². The molecule has 1 atom stereocenters. The third kappa shape index (κ3) is 4.49. The van der Waals surface area contributed by atoms with Crippen LogP contribution in [0.3, 0.4) is 0 Å². The van der Waals surface area contributed by atoms with E-state index in [1.807, 2.05) is 42.5 Å². The molecule has 1 N–H and O–H groups in total. The second-order valence-corrected chi connectivity index (χ2v) is 8.38. The highest BCUT2D eigenvalue weighted by atomic mass is 32.2. The van der Waals surface area contributed by atoms with Gasteiger partial charge >= 0.3 is 5.97 Å². The Bertz CT molecular complexity index is 909. The molecule has 26 heavy (non-hydrogen) atoms. The van der Waals surface area contributed by atoms with Crippen molar-refractivity contribution >= 4 is 21.7 Å². The molecule has 0 radical (unpaired) electrons. The minimum Gasteiger partial charge on any atom is -0.452 e. The van der Waals surface area contributed by atoms with E-state index in [-0.39, 0.29) is 11.5 Å². The molecule has 6 nitrogen and oxygen atoms in total. The molecular formula is C19H19NO5S. The first kappa shape index (κ1) is 18.1. The smallest absolute Gasteiger partial charge is 0.339 e. The van der Waals surface area contributed by atoms with Gasteiger partial charge in [-0.25, -0.2) is 13.2 Å². The van der Waals surface area contributed by atoms with Crippen LogP contribution in [-0.2, 0) is 19.4 Å². The summed E-state index contributed by atoms with van der Waals surface area (Å²) in [5.41, 5.74) is 1.97. The fourth-order valence-corrected chi connectivity index (χ4v) is 4.59. The Labute approximate surface area is 152 Å². The largest absolute Gasteiger partial charge is 0.452 e. The summed E-state index contributed by atoms with van der Waals surface area (Å²) in [5.74, 6) is -1.09. The molecule has 0 aromatic heterocycles. The molecule has 0 aliphatic carbocycles. The summed E-state index contributed by atoms with van der Waals surface area (Å²) >= 11 is 0. The van der Waals surface area contributed by atoms with Crippen LogP contribution in [-0.4, -0.2) is 44.4 Å². The predicted molar refractivity (Wildman–Crippen MR) is 97.4 cm³/mol. The molecule has 0 saturated carbocycles. The Morgan fingerprint density at radius 1 is 1.04 bits per heavy atom. The fourth-order valence-electron chi connectivity index (χ4n) is 2.92. The van der Waals surface area contributed by atoms with Crippen molar-refractivity contribution in [2.75, 3.05) is 18.1 Å². The van der Waals surface area contributed by atoms with Gasteiger partial charge in [-0.3, -0.25) is 4.79 Å². The maximum atomic E-state index is 12.4. The van der Waals surface area contributed by atoms with Gasteiger partial charge in [0, 0.05) is 6.04 Å². The van der Waals surface area contributed by atoms with Crippen LogP contribution in [0.2, 0.25) is 0 Å². The average molecular weight is 373 g/mol. The first-order valence-corrected chi connectivity index (χ1v) is 10.1. The number of rotatable bonds is 5. The lowest BCUT2D eigenvalue weighted by atomic mass is 10.00. The van der Waals surface area contributed by atoms with E-state index in [0.717, 1.165) is 11.1 Å². The SMILES string of the molecule is O=C(COC(=O)c1ccccc1-c1ccccc1)N[C@H]1CCS(=O)(=O)C1. The quantitative estimate of drug-likeness (QED) is 0.808. The summed E-state index contributed by atoms with van der Waals surface area (Å²) in [7, 11) is -3.07. The Kier molecular flexibility index (Phi) is 5.37. The van der Waals surface area contributed by atoms with Crippen molar-refractivity contribution in [3.63, 3.8) is 0 Å². The summed E-state index contributed by atoms with van der Waals surface area (Å²) in [5, 5.41) is 2.59. The number of carbonyl (C=O) groups is 2. The molecule has 1 heterocycles. The molecular weight excluding hydrogens is 354 g/mol. The topological polar surface area (TPSA) is 89.5 Å². The van der Waals surface area contributed by atoms with Gasteiger partial charge in [-0.05, 0) is 23.6 Å². The molecule has 3 rings (SSSR count). The molecule has 1 fully saturated rings. The van der Waals surface area contributed by atoms with E-state index in [2.05, 4.69) is 5.32 Å². The number of hydrogen-bond donors (Lipinski definition) is 1. The Balaban J connectivity index is 1.62. The first-order valence-electron chi connectivity index (χ1n) is 8.26. The number of benzene rings is 2. The van der Waals surface area contributed by atoms with Crippen LogP contribution < -0.4 is 5.32 Å². The molecule has 1 amide bonds. The summed E-state index contributed by atoms with van der Waals surface area (Å²) < 4.78 is 27.9. The van der Waals surface area contributed by atoms with E-state index < -0.39 is 34.4 Å². The van der Waals surface area contributed by atoms with E-state index in [9.17, 15) is 18.0 Å². The van der Waals surface area contributed by atoms with Crippen molar-refractivity contribution in [1.29, 1.82) is 0 Å². The maximum absolute atomic E-state index is 12.4. The minimum atomic E-state index is -3.07.